The van der Waals surface area contributed by atoms with Crippen LogP contribution >= 0.6 is 0 Å². The van der Waals surface area contributed by atoms with Crippen molar-refractivity contribution in [2.24, 2.45) is 0 Å². The standard InChI is InChI=1S/C18H12FN5O2/c19-13-6-4-12(5-7-13)16-8-9-17(26-16)18(25)21-14-2-1-3-15(10-14)24-11-20-22-23-24/h1-11H,(H,21,25). The lowest BCUT2D eigenvalue weighted by molar-refractivity contribution is 0.0997. The molecule has 128 valence electrons. The highest BCUT2D eigenvalue weighted by Crippen LogP contribution is 2.23. The van der Waals surface area contributed by atoms with Gasteiger partial charge in [-0.1, -0.05) is 6.07 Å². The smallest absolute Gasteiger partial charge is 0.291 e. The van der Waals surface area contributed by atoms with E-state index >= 15 is 0 Å². The Morgan fingerprint density at radius 3 is 2.69 bits per heavy atom. The quantitative estimate of drug-likeness (QED) is 0.611. The second-order valence-electron chi connectivity index (χ2n) is 5.43. The second-order valence-corrected chi connectivity index (χ2v) is 5.43. The Morgan fingerprint density at radius 2 is 1.92 bits per heavy atom. The lowest BCUT2D eigenvalue weighted by Gasteiger charge is -2.05. The monoisotopic (exact) mass is 349 g/mol. The third-order valence-electron chi connectivity index (χ3n) is 3.68. The van der Waals surface area contributed by atoms with Crippen molar-refractivity contribution in [1.82, 2.24) is 20.2 Å². The summed E-state index contributed by atoms with van der Waals surface area (Å²) in [4.78, 5) is 12.4. The van der Waals surface area contributed by atoms with E-state index in [2.05, 4.69) is 20.8 Å². The summed E-state index contributed by atoms with van der Waals surface area (Å²) in [5.41, 5.74) is 1.97. The van der Waals surface area contributed by atoms with Gasteiger partial charge in [-0.25, -0.2) is 9.07 Å². The number of tetrazole rings is 1. The Balaban J connectivity index is 1.52. The molecule has 0 saturated carbocycles. The van der Waals surface area contributed by atoms with E-state index in [-0.39, 0.29) is 11.6 Å². The van der Waals surface area contributed by atoms with Gasteiger partial charge in [0.25, 0.3) is 5.91 Å². The van der Waals surface area contributed by atoms with Gasteiger partial charge in [0.05, 0.1) is 5.69 Å². The zero-order valence-electron chi connectivity index (χ0n) is 13.3. The summed E-state index contributed by atoms with van der Waals surface area (Å²) in [6, 6.07) is 16.2. The van der Waals surface area contributed by atoms with Crippen molar-refractivity contribution in [2.45, 2.75) is 0 Å². The van der Waals surface area contributed by atoms with Gasteiger partial charge in [-0.3, -0.25) is 4.79 Å². The van der Waals surface area contributed by atoms with Crippen LogP contribution in [0.2, 0.25) is 0 Å². The molecule has 8 heteroatoms. The second kappa shape index (κ2) is 6.60. The number of furan rings is 1. The van der Waals surface area contributed by atoms with Crippen molar-refractivity contribution in [3.63, 3.8) is 0 Å². The molecule has 0 fully saturated rings. The number of carbonyl (C=O) groups is 1. The van der Waals surface area contributed by atoms with E-state index in [1.54, 1.807) is 42.5 Å². The van der Waals surface area contributed by atoms with Crippen LogP contribution in [0.1, 0.15) is 10.6 Å². The van der Waals surface area contributed by atoms with E-state index in [0.717, 1.165) is 0 Å². The minimum Gasteiger partial charge on any atom is -0.451 e. The number of rotatable bonds is 4. The highest BCUT2D eigenvalue weighted by molar-refractivity contribution is 6.02. The first-order valence-electron chi connectivity index (χ1n) is 7.69. The van der Waals surface area contributed by atoms with Crippen LogP contribution in [0.5, 0.6) is 0 Å². The number of aromatic nitrogens is 4. The molecule has 4 rings (SSSR count). The van der Waals surface area contributed by atoms with E-state index in [9.17, 15) is 9.18 Å². The summed E-state index contributed by atoms with van der Waals surface area (Å²) in [5, 5.41) is 13.7. The third-order valence-corrected chi connectivity index (χ3v) is 3.68. The maximum Gasteiger partial charge on any atom is 0.291 e. The Labute approximate surface area is 147 Å². The summed E-state index contributed by atoms with van der Waals surface area (Å²) in [7, 11) is 0. The Hall–Kier alpha value is -3.81. The maximum absolute atomic E-state index is 13.0. The number of anilines is 1. The van der Waals surface area contributed by atoms with Gasteiger partial charge >= 0.3 is 0 Å². The largest absolute Gasteiger partial charge is 0.451 e. The molecule has 2 aromatic heterocycles. The predicted molar refractivity (Wildman–Crippen MR) is 91.2 cm³/mol. The molecule has 4 aromatic rings. The molecule has 0 unspecified atom stereocenters. The predicted octanol–water partition coefficient (Wildman–Crippen LogP) is 3.31. The van der Waals surface area contributed by atoms with E-state index in [0.29, 0.717) is 22.7 Å². The minimum atomic E-state index is -0.396. The Bertz CT molecular complexity index is 1040. The van der Waals surface area contributed by atoms with Crippen LogP contribution in [0.15, 0.2) is 71.4 Å². The maximum atomic E-state index is 13.0. The fraction of sp³-hybridized carbons (Fsp3) is 0. The zero-order valence-corrected chi connectivity index (χ0v) is 13.3. The van der Waals surface area contributed by atoms with Crippen LogP contribution in [-0.2, 0) is 0 Å². The molecular formula is C18H12FN5O2. The number of benzene rings is 2. The van der Waals surface area contributed by atoms with Crippen molar-refractivity contribution in [2.75, 3.05) is 5.32 Å². The van der Waals surface area contributed by atoms with Gasteiger partial charge in [0.15, 0.2) is 5.76 Å². The summed E-state index contributed by atoms with van der Waals surface area (Å²) in [6.45, 7) is 0. The van der Waals surface area contributed by atoms with Gasteiger partial charge < -0.3 is 9.73 Å². The molecule has 0 aliphatic carbocycles. The van der Waals surface area contributed by atoms with Crippen molar-refractivity contribution in [3.05, 3.63) is 78.6 Å². The molecule has 0 saturated heterocycles. The molecule has 0 radical (unpaired) electrons. The van der Waals surface area contributed by atoms with Crippen molar-refractivity contribution in [1.29, 1.82) is 0 Å². The summed E-state index contributed by atoms with van der Waals surface area (Å²) < 4.78 is 20.1. The molecule has 0 atom stereocenters. The number of carbonyl (C=O) groups excluding carboxylic acids is 1. The fourth-order valence-electron chi connectivity index (χ4n) is 2.43. The first-order valence-corrected chi connectivity index (χ1v) is 7.69. The average Bonchev–Trinajstić information content (AvgIpc) is 3.35. The summed E-state index contributed by atoms with van der Waals surface area (Å²) in [6.07, 6.45) is 1.46. The highest BCUT2D eigenvalue weighted by Gasteiger charge is 2.13. The molecule has 26 heavy (non-hydrogen) atoms. The number of hydrogen-bond donors (Lipinski definition) is 1. The first-order chi connectivity index (χ1) is 12.7. The van der Waals surface area contributed by atoms with Crippen LogP contribution < -0.4 is 5.32 Å². The third kappa shape index (κ3) is 3.20. The van der Waals surface area contributed by atoms with Crippen LogP contribution in [-0.4, -0.2) is 26.1 Å². The molecule has 0 aliphatic heterocycles. The Kier molecular flexibility index (Phi) is 3.98. The molecule has 2 heterocycles. The van der Waals surface area contributed by atoms with Crippen LogP contribution in [0.25, 0.3) is 17.0 Å². The SMILES string of the molecule is O=C(Nc1cccc(-n2cnnn2)c1)c1ccc(-c2ccc(F)cc2)o1. The van der Waals surface area contributed by atoms with Gasteiger partial charge in [0, 0.05) is 11.3 Å². The van der Waals surface area contributed by atoms with Gasteiger partial charge in [-0.15, -0.1) is 5.10 Å². The summed E-state index contributed by atoms with van der Waals surface area (Å²) in [5.74, 6) is -0.0947. The molecule has 2 aromatic carbocycles. The average molecular weight is 349 g/mol. The highest BCUT2D eigenvalue weighted by atomic mass is 19.1. The minimum absolute atomic E-state index is 0.150. The van der Waals surface area contributed by atoms with Crippen molar-refractivity contribution < 1.29 is 13.6 Å². The number of nitrogens with one attached hydrogen (secondary N) is 1. The molecule has 7 nitrogen and oxygen atoms in total. The summed E-state index contributed by atoms with van der Waals surface area (Å²) >= 11 is 0. The topological polar surface area (TPSA) is 85.8 Å². The molecule has 0 bridgehead atoms. The molecule has 0 aliphatic rings. The molecule has 1 N–H and O–H groups in total. The Morgan fingerprint density at radius 1 is 1.08 bits per heavy atom. The fourth-order valence-corrected chi connectivity index (χ4v) is 2.43. The molecule has 1 amide bonds. The van der Waals surface area contributed by atoms with Crippen LogP contribution in [0.3, 0.4) is 0 Å². The number of hydrogen-bond acceptors (Lipinski definition) is 5. The van der Waals surface area contributed by atoms with Crippen LogP contribution in [0.4, 0.5) is 10.1 Å². The van der Waals surface area contributed by atoms with Gasteiger partial charge in [0.1, 0.15) is 17.9 Å². The van der Waals surface area contributed by atoms with Crippen molar-refractivity contribution in [3.8, 4) is 17.0 Å². The molecular weight excluding hydrogens is 337 g/mol. The lowest BCUT2D eigenvalue weighted by Crippen LogP contribution is -2.11. The first kappa shape index (κ1) is 15.7. The lowest BCUT2D eigenvalue weighted by atomic mass is 10.2. The van der Waals surface area contributed by atoms with Crippen molar-refractivity contribution >= 4 is 11.6 Å². The zero-order chi connectivity index (χ0) is 17.9. The number of halogens is 1. The van der Waals surface area contributed by atoms with E-state index in [1.807, 2.05) is 6.07 Å². The van der Waals surface area contributed by atoms with Crippen LogP contribution in [0, 0.1) is 5.82 Å². The number of amides is 1. The van der Waals surface area contributed by atoms with Gasteiger partial charge in [0.2, 0.25) is 0 Å². The van der Waals surface area contributed by atoms with E-state index in [1.165, 1.54) is 23.1 Å². The normalized spacial score (nSPS) is 10.7. The van der Waals surface area contributed by atoms with E-state index in [4.69, 9.17) is 4.42 Å². The van der Waals surface area contributed by atoms with Gasteiger partial charge in [-0.05, 0) is 65.0 Å². The molecule has 0 spiro atoms. The van der Waals surface area contributed by atoms with Gasteiger partial charge in [-0.2, -0.15) is 0 Å². The number of nitrogens with zero attached hydrogens (tertiary/aromatic N) is 4. The van der Waals surface area contributed by atoms with E-state index < -0.39 is 5.91 Å².